The maximum atomic E-state index is 13.6. The fourth-order valence-electron chi connectivity index (χ4n) is 4.71. The fraction of sp³-hybridized carbons (Fsp3) is 0.233. The number of anilines is 2. The molecule has 5 rings (SSSR count). The lowest BCUT2D eigenvalue weighted by Gasteiger charge is -2.24. The highest BCUT2D eigenvalue weighted by Gasteiger charge is 2.42. The molecule has 1 fully saturated rings. The van der Waals surface area contributed by atoms with Gasteiger partial charge >= 0.3 is 12.1 Å². The lowest BCUT2D eigenvalue weighted by atomic mass is 10.1. The van der Waals surface area contributed by atoms with Crippen molar-refractivity contribution in [3.63, 3.8) is 0 Å². The quantitative estimate of drug-likeness (QED) is 0.283. The molecule has 1 aliphatic heterocycles. The number of rotatable bonds is 7. The monoisotopic (exact) mass is 564 g/mol. The number of aromatic carboxylic acids is 1. The topological polar surface area (TPSA) is 98.9 Å². The summed E-state index contributed by atoms with van der Waals surface area (Å²) in [6.45, 7) is 3.98. The number of halogens is 3. The van der Waals surface area contributed by atoms with Crippen LogP contribution in [0.4, 0.5) is 24.5 Å². The van der Waals surface area contributed by atoms with Gasteiger partial charge in [-0.25, -0.2) is 9.78 Å². The van der Waals surface area contributed by atoms with E-state index < -0.39 is 29.5 Å². The highest BCUT2D eigenvalue weighted by Crippen LogP contribution is 2.35. The van der Waals surface area contributed by atoms with Crippen LogP contribution in [0.1, 0.15) is 38.6 Å². The minimum absolute atomic E-state index is 0.259. The van der Waals surface area contributed by atoms with Crippen LogP contribution in [0.25, 0.3) is 11.5 Å². The van der Waals surface area contributed by atoms with Crippen molar-refractivity contribution in [2.45, 2.75) is 19.1 Å². The van der Waals surface area contributed by atoms with Crippen LogP contribution in [0.5, 0.6) is 0 Å². The van der Waals surface area contributed by atoms with Crippen molar-refractivity contribution in [3.8, 4) is 11.5 Å². The van der Waals surface area contributed by atoms with E-state index in [1.165, 1.54) is 0 Å². The SMILES string of the molecule is O=C(O)c1ccc(CN2CCCN(c3ccc(NC(=O)c4nc(-c5ccccc5)oc4C(F)(F)F)cc3)CC2)cc1. The zero-order chi connectivity index (χ0) is 29.0. The van der Waals surface area contributed by atoms with E-state index in [9.17, 15) is 22.8 Å². The first kappa shape index (κ1) is 27.9. The molecule has 0 spiro atoms. The van der Waals surface area contributed by atoms with Crippen molar-refractivity contribution in [2.24, 2.45) is 0 Å². The van der Waals surface area contributed by atoms with Gasteiger partial charge in [0.25, 0.3) is 5.91 Å². The van der Waals surface area contributed by atoms with Gasteiger partial charge in [-0.1, -0.05) is 30.3 Å². The zero-order valence-corrected chi connectivity index (χ0v) is 21.9. The Morgan fingerprint density at radius 2 is 1.61 bits per heavy atom. The second-order valence-corrected chi connectivity index (χ2v) is 9.68. The third kappa shape index (κ3) is 6.75. The van der Waals surface area contributed by atoms with Gasteiger partial charge in [-0.15, -0.1) is 0 Å². The number of nitrogens with one attached hydrogen (secondary N) is 1. The summed E-state index contributed by atoms with van der Waals surface area (Å²) < 4.78 is 45.8. The maximum Gasteiger partial charge on any atom is 0.452 e. The van der Waals surface area contributed by atoms with Crippen molar-refractivity contribution in [2.75, 3.05) is 36.4 Å². The Bertz CT molecular complexity index is 1500. The van der Waals surface area contributed by atoms with Gasteiger partial charge in [-0.3, -0.25) is 9.69 Å². The van der Waals surface area contributed by atoms with Crippen molar-refractivity contribution >= 4 is 23.3 Å². The lowest BCUT2D eigenvalue weighted by molar-refractivity contribution is -0.153. The second-order valence-electron chi connectivity index (χ2n) is 9.68. The van der Waals surface area contributed by atoms with Gasteiger partial charge in [-0.05, 0) is 60.5 Å². The molecule has 3 aromatic carbocycles. The summed E-state index contributed by atoms with van der Waals surface area (Å²) in [5.41, 5.74) is 2.06. The number of carbonyl (C=O) groups is 2. The first-order chi connectivity index (χ1) is 19.7. The van der Waals surface area contributed by atoms with Crippen LogP contribution in [-0.4, -0.2) is 53.0 Å². The molecule has 2 N–H and O–H groups in total. The molecule has 11 heteroatoms. The third-order valence-corrected chi connectivity index (χ3v) is 6.81. The smallest absolute Gasteiger partial charge is 0.452 e. The minimum atomic E-state index is -4.89. The summed E-state index contributed by atoms with van der Waals surface area (Å²) in [5.74, 6) is -3.70. The van der Waals surface area contributed by atoms with Crippen LogP contribution in [0, 0.1) is 0 Å². The average Bonchev–Trinajstić information content (AvgIpc) is 3.31. The molecule has 212 valence electrons. The van der Waals surface area contributed by atoms with E-state index in [-0.39, 0.29) is 11.5 Å². The molecule has 4 aromatic rings. The number of amides is 1. The number of aromatic nitrogens is 1. The Kier molecular flexibility index (Phi) is 8.06. The van der Waals surface area contributed by atoms with Gasteiger partial charge < -0.3 is 19.7 Å². The second kappa shape index (κ2) is 11.8. The predicted octanol–water partition coefficient (Wildman–Crippen LogP) is 6.02. The summed E-state index contributed by atoms with van der Waals surface area (Å²) >= 11 is 0. The van der Waals surface area contributed by atoms with E-state index in [4.69, 9.17) is 9.52 Å². The first-order valence-corrected chi connectivity index (χ1v) is 13.0. The van der Waals surface area contributed by atoms with Crippen LogP contribution in [0.2, 0.25) is 0 Å². The summed E-state index contributed by atoms with van der Waals surface area (Å²) in [6, 6.07) is 21.9. The van der Waals surface area contributed by atoms with Crippen molar-refractivity contribution in [3.05, 3.63) is 101 Å². The molecule has 2 heterocycles. The number of hydrogen-bond donors (Lipinski definition) is 2. The molecule has 8 nitrogen and oxygen atoms in total. The van der Waals surface area contributed by atoms with E-state index >= 15 is 0 Å². The van der Waals surface area contributed by atoms with Crippen LogP contribution < -0.4 is 10.2 Å². The van der Waals surface area contributed by atoms with Gasteiger partial charge in [-0.2, -0.15) is 13.2 Å². The minimum Gasteiger partial charge on any atom is -0.478 e. The van der Waals surface area contributed by atoms with Crippen LogP contribution >= 0.6 is 0 Å². The van der Waals surface area contributed by atoms with Gasteiger partial charge in [0.15, 0.2) is 5.69 Å². The van der Waals surface area contributed by atoms with Gasteiger partial charge in [0, 0.05) is 49.7 Å². The van der Waals surface area contributed by atoms with Crippen molar-refractivity contribution < 1.29 is 32.3 Å². The molecule has 1 aromatic heterocycles. The Labute approximate surface area is 234 Å². The molecular weight excluding hydrogens is 537 g/mol. The first-order valence-electron chi connectivity index (χ1n) is 13.0. The molecule has 0 radical (unpaired) electrons. The number of carbonyl (C=O) groups excluding carboxylic acids is 1. The fourth-order valence-corrected chi connectivity index (χ4v) is 4.71. The Balaban J connectivity index is 1.22. The molecular formula is C30H27F3N4O4. The van der Waals surface area contributed by atoms with E-state index in [0.717, 1.165) is 43.9 Å². The van der Waals surface area contributed by atoms with Crippen molar-refractivity contribution in [1.29, 1.82) is 0 Å². The van der Waals surface area contributed by atoms with E-state index in [1.54, 1.807) is 54.6 Å². The normalized spacial score (nSPS) is 14.5. The number of benzene rings is 3. The molecule has 0 unspecified atom stereocenters. The Morgan fingerprint density at radius 3 is 2.27 bits per heavy atom. The third-order valence-electron chi connectivity index (χ3n) is 6.81. The zero-order valence-electron chi connectivity index (χ0n) is 21.9. The predicted molar refractivity (Wildman–Crippen MR) is 147 cm³/mol. The number of nitrogens with zero attached hydrogens (tertiary/aromatic N) is 3. The van der Waals surface area contributed by atoms with E-state index in [2.05, 4.69) is 20.1 Å². The molecule has 0 atom stereocenters. The molecule has 1 amide bonds. The summed E-state index contributed by atoms with van der Waals surface area (Å²) in [6.07, 6.45) is -3.97. The number of carboxylic acid groups (broad SMARTS) is 1. The van der Waals surface area contributed by atoms with Crippen LogP contribution in [-0.2, 0) is 12.7 Å². The van der Waals surface area contributed by atoms with Crippen LogP contribution in [0.15, 0.2) is 83.3 Å². The molecule has 0 saturated carbocycles. The van der Waals surface area contributed by atoms with Gasteiger partial charge in [0.2, 0.25) is 11.7 Å². The number of oxazole rings is 1. The highest BCUT2D eigenvalue weighted by atomic mass is 19.4. The maximum absolute atomic E-state index is 13.6. The number of carboxylic acids is 1. The lowest BCUT2D eigenvalue weighted by Crippen LogP contribution is -2.30. The summed E-state index contributed by atoms with van der Waals surface area (Å²) in [4.78, 5) is 32.3. The molecule has 41 heavy (non-hydrogen) atoms. The highest BCUT2D eigenvalue weighted by molar-refractivity contribution is 6.04. The average molecular weight is 565 g/mol. The number of hydrogen-bond acceptors (Lipinski definition) is 6. The molecule has 0 aliphatic carbocycles. The summed E-state index contributed by atoms with van der Waals surface area (Å²) in [7, 11) is 0. The van der Waals surface area contributed by atoms with Crippen LogP contribution in [0.3, 0.4) is 0 Å². The van der Waals surface area contributed by atoms with Crippen molar-refractivity contribution in [1.82, 2.24) is 9.88 Å². The summed E-state index contributed by atoms with van der Waals surface area (Å²) in [5, 5.41) is 11.6. The molecule has 0 bridgehead atoms. The van der Waals surface area contributed by atoms with E-state index in [1.807, 2.05) is 24.3 Å². The molecule has 1 aliphatic rings. The molecule has 1 saturated heterocycles. The number of alkyl halides is 3. The Morgan fingerprint density at radius 1 is 0.902 bits per heavy atom. The Hall–Kier alpha value is -4.64. The van der Waals surface area contributed by atoms with Gasteiger partial charge in [0.05, 0.1) is 5.56 Å². The standard InChI is InChI=1S/C30H27F3N4O4/c31-30(32,33)26-25(35-28(41-26)21-5-2-1-3-6-21)27(38)34-23-11-13-24(14-12-23)37-16-4-15-36(17-18-37)19-20-7-9-22(10-8-20)29(39)40/h1-3,5-14H,4,15-19H2,(H,34,38)(H,39,40). The largest absolute Gasteiger partial charge is 0.478 e. The van der Waals surface area contributed by atoms with E-state index in [0.29, 0.717) is 17.8 Å². The van der Waals surface area contributed by atoms with Gasteiger partial charge in [0.1, 0.15) is 0 Å².